The minimum absolute atomic E-state index is 0.241. The molecule has 0 aliphatic heterocycles. The van der Waals surface area contributed by atoms with E-state index in [0.29, 0.717) is 24.9 Å². The molecule has 102 valence electrons. The van der Waals surface area contributed by atoms with Crippen LogP contribution < -0.4 is 0 Å². The van der Waals surface area contributed by atoms with Crippen molar-refractivity contribution in [1.29, 1.82) is 0 Å². The molecule has 0 spiro atoms. The Labute approximate surface area is 111 Å². The highest BCUT2D eigenvalue weighted by Crippen LogP contribution is 2.13. The Bertz CT molecular complexity index is 218. The Morgan fingerprint density at radius 3 is 2.24 bits per heavy atom. The van der Waals surface area contributed by atoms with E-state index < -0.39 is 8.80 Å². The molecule has 0 amide bonds. The van der Waals surface area contributed by atoms with Crippen molar-refractivity contribution in [1.82, 2.24) is 0 Å². The zero-order chi connectivity index (χ0) is 13.3. The van der Waals surface area contributed by atoms with Gasteiger partial charge in [0.15, 0.2) is 0 Å². The van der Waals surface area contributed by atoms with Crippen LogP contribution in [0.2, 0.25) is 6.55 Å². The Balaban J connectivity index is 4.03. The number of hydrogen-bond acceptors (Lipinski definition) is 5. The average Bonchev–Trinajstić information content (AvgIpc) is 2.16. The molecule has 0 bridgehead atoms. The van der Waals surface area contributed by atoms with Crippen molar-refractivity contribution in [3.05, 3.63) is 0 Å². The molecule has 0 fully saturated rings. The fourth-order valence-electron chi connectivity index (χ4n) is 1.42. The first-order valence-electron chi connectivity index (χ1n) is 6.11. The Morgan fingerprint density at radius 2 is 1.82 bits per heavy atom. The van der Waals surface area contributed by atoms with Crippen molar-refractivity contribution in [3.8, 4) is 0 Å². The molecule has 0 N–H and O–H groups in total. The molecule has 17 heavy (non-hydrogen) atoms. The standard InChI is InChI=1S/C11H24O4SSi/c1-5-13-17(4,14-6-2)15-11(12)9-7-8-10(3)16/h10,16H,5-9H2,1-4H3. The van der Waals surface area contributed by atoms with Gasteiger partial charge in [-0.15, -0.1) is 0 Å². The summed E-state index contributed by atoms with van der Waals surface area (Å²) in [5, 5.41) is 0.310. The van der Waals surface area contributed by atoms with Gasteiger partial charge in [-0.2, -0.15) is 12.6 Å². The van der Waals surface area contributed by atoms with Crippen LogP contribution in [0.25, 0.3) is 0 Å². The fourth-order valence-corrected chi connectivity index (χ4v) is 3.37. The molecule has 4 nitrogen and oxygen atoms in total. The van der Waals surface area contributed by atoms with Crippen LogP contribution in [0.4, 0.5) is 0 Å². The zero-order valence-corrected chi connectivity index (χ0v) is 13.1. The number of rotatable bonds is 9. The predicted molar refractivity (Wildman–Crippen MR) is 73.3 cm³/mol. The quantitative estimate of drug-likeness (QED) is 0.521. The van der Waals surface area contributed by atoms with Crippen LogP contribution in [0.1, 0.15) is 40.0 Å². The van der Waals surface area contributed by atoms with Gasteiger partial charge in [-0.05, 0) is 31.9 Å². The maximum atomic E-state index is 11.6. The lowest BCUT2D eigenvalue weighted by molar-refractivity contribution is -0.139. The van der Waals surface area contributed by atoms with Crippen molar-refractivity contribution in [2.24, 2.45) is 0 Å². The van der Waals surface area contributed by atoms with Crippen LogP contribution in [-0.4, -0.2) is 33.2 Å². The highest BCUT2D eigenvalue weighted by molar-refractivity contribution is 7.80. The summed E-state index contributed by atoms with van der Waals surface area (Å²) in [6.07, 6.45) is 2.08. The van der Waals surface area contributed by atoms with E-state index in [2.05, 4.69) is 12.6 Å². The van der Waals surface area contributed by atoms with Gasteiger partial charge in [-0.1, -0.05) is 6.92 Å². The largest absolute Gasteiger partial charge is 0.564 e. The Morgan fingerprint density at radius 1 is 1.29 bits per heavy atom. The van der Waals surface area contributed by atoms with Gasteiger partial charge < -0.3 is 13.3 Å². The molecule has 0 heterocycles. The van der Waals surface area contributed by atoms with E-state index in [-0.39, 0.29) is 5.97 Å². The smallest absolute Gasteiger partial charge is 0.473 e. The maximum Gasteiger partial charge on any atom is 0.564 e. The second-order valence-corrected chi connectivity index (χ2v) is 7.33. The SMILES string of the molecule is CCO[Si](C)(OCC)OC(=O)CCCC(C)S. The number of thiol groups is 1. The first-order valence-corrected chi connectivity index (χ1v) is 8.85. The lowest BCUT2D eigenvalue weighted by atomic mass is 10.2. The van der Waals surface area contributed by atoms with Crippen LogP contribution >= 0.6 is 12.6 Å². The summed E-state index contributed by atoms with van der Waals surface area (Å²) < 4.78 is 16.2. The summed E-state index contributed by atoms with van der Waals surface area (Å²) in [6.45, 7) is 8.46. The van der Waals surface area contributed by atoms with Crippen LogP contribution in [0, 0.1) is 0 Å². The van der Waals surface area contributed by atoms with Crippen LogP contribution in [0.5, 0.6) is 0 Å². The van der Waals surface area contributed by atoms with Gasteiger partial charge >= 0.3 is 8.80 Å². The number of hydrogen-bond donors (Lipinski definition) is 1. The first kappa shape index (κ1) is 17.0. The molecular weight excluding hydrogens is 256 g/mol. The highest BCUT2D eigenvalue weighted by atomic mass is 32.1. The van der Waals surface area contributed by atoms with E-state index in [1.54, 1.807) is 6.55 Å². The van der Waals surface area contributed by atoms with E-state index in [0.717, 1.165) is 12.8 Å². The third kappa shape index (κ3) is 8.65. The summed E-state index contributed by atoms with van der Waals surface area (Å²) >= 11 is 4.26. The van der Waals surface area contributed by atoms with Gasteiger partial charge in [0.2, 0.25) is 0 Å². The second kappa shape index (κ2) is 8.96. The molecule has 0 aliphatic rings. The Hall–Kier alpha value is -0.0431. The highest BCUT2D eigenvalue weighted by Gasteiger charge is 2.38. The van der Waals surface area contributed by atoms with E-state index in [9.17, 15) is 4.79 Å². The van der Waals surface area contributed by atoms with E-state index >= 15 is 0 Å². The van der Waals surface area contributed by atoms with Gasteiger partial charge in [0.25, 0.3) is 5.97 Å². The van der Waals surface area contributed by atoms with Crippen molar-refractivity contribution >= 4 is 27.4 Å². The monoisotopic (exact) mass is 280 g/mol. The maximum absolute atomic E-state index is 11.6. The summed E-state index contributed by atoms with van der Waals surface area (Å²) in [6, 6.07) is 0. The summed E-state index contributed by atoms with van der Waals surface area (Å²) in [5.41, 5.74) is 0. The lowest BCUT2D eigenvalue weighted by Crippen LogP contribution is -2.44. The third-order valence-electron chi connectivity index (χ3n) is 2.12. The molecule has 0 radical (unpaired) electrons. The molecular formula is C11H24O4SSi. The summed E-state index contributed by atoms with van der Waals surface area (Å²) in [7, 11) is -2.76. The molecule has 0 saturated carbocycles. The van der Waals surface area contributed by atoms with Crippen LogP contribution in [0.15, 0.2) is 0 Å². The van der Waals surface area contributed by atoms with Gasteiger partial charge in [0, 0.05) is 26.2 Å². The Kier molecular flexibility index (Phi) is 8.94. The van der Waals surface area contributed by atoms with Gasteiger partial charge in [0.1, 0.15) is 0 Å². The van der Waals surface area contributed by atoms with E-state index in [1.165, 1.54) is 0 Å². The van der Waals surface area contributed by atoms with Crippen LogP contribution in [0.3, 0.4) is 0 Å². The third-order valence-corrected chi connectivity index (χ3v) is 4.60. The van der Waals surface area contributed by atoms with Gasteiger partial charge in [-0.25, -0.2) is 0 Å². The van der Waals surface area contributed by atoms with E-state index in [1.807, 2.05) is 20.8 Å². The molecule has 0 saturated heterocycles. The van der Waals surface area contributed by atoms with Crippen molar-refractivity contribution in [2.45, 2.75) is 51.8 Å². The molecule has 1 atom stereocenters. The minimum Gasteiger partial charge on any atom is -0.473 e. The molecule has 0 aromatic rings. The van der Waals surface area contributed by atoms with Crippen LogP contribution in [-0.2, 0) is 18.1 Å². The number of carbonyl (C=O) groups is 1. The topological polar surface area (TPSA) is 44.8 Å². The normalized spacial score (nSPS) is 13.5. The lowest BCUT2D eigenvalue weighted by Gasteiger charge is -2.24. The molecule has 0 aromatic heterocycles. The molecule has 0 aromatic carbocycles. The van der Waals surface area contributed by atoms with Gasteiger partial charge in [-0.3, -0.25) is 4.79 Å². The molecule has 0 rings (SSSR count). The second-order valence-electron chi connectivity index (χ2n) is 3.94. The summed E-state index contributed by atoms with van der Waals surface area (Å²) in [4.78, 5) is 11.6. The van der Waals surface area contributed by atoms with Crippen molar-refractivity contribution < 1.29 is 18.1 Å². The average molecular weight is 280 g/mol. The van der Waals surface area contributed by atoms with Gasteiger partial charge in [0.05, 0.1) is 0 Å². The molecule has 1 unspecified atom stereocenters. The predicted octanol–water partition coefficient (Wildman–Crippen LogP) is 2.66. The van der Waals surface area contributed by atoms with E-state index in [4.69, 9.17) is 13.3 Å². The minimum atomic E-state index is -2.76. The zero-order valence-electron chi connectivity index (χ0n) is 11.2. The van der Waals surface area contributed by atoms with Crippen molar-refractivity contribution in [3.63, 3.8) is 0 Å². The first-order chi connectivity index (χ1) is 7.93. The fraction of sp³-hybridized carbons (Fsp3) is 0.909. The molecule has 0 aliphatic carbocycles. The number of carbonyl (C=O) groups excluding carboxylic acids is 1. The molecule has 6 heteroatoms. The summed E-state index contributed by atoms with van der Waals surface area (Å²) in [5.74, 6) is -0.241. The van der Waals surface area contributed by atoms with Crippen molar-refractivity contribution in [2.75, 3.05) is 13.2 Å².